The molecule has 1 heterocycles. The normalized spacial score (nSPS) is 40.3. The van der Waals surface area contributed by atoms with E-state index in [-0.39, 0.29) is 0 Å². The maximum Gasteiger partial charge on any atom is 0.186 e. The molecule has 0 aromatic rings. The Bertz CT molecular complexity index is 209. The molecule has 1 aliphatic heterocycles. The van der Waals surface area contributed by atoms with E-state index in [1.54, 1.807) is 6.92 Å². The minimum atomic E-state index is -1.22. The molecule has 0 saturated carbocycles. The van der Waals surface area contributed by atoms with Gasteiger partial charge in [-0.2, -0.15) is 0 Å². The molecule has 0 radical (unpaired) electrons. The highest BCUT2D eigenvalue weighted by Gasteiger charge is 2.42. The van der Waals surface area contributed by atoms with Crippen LogP contribution < -0.4 is 0 Å². The summed E-state index contributed by atoms with van der Waals surface area (Å²) in [4.78, 5) is 0. The van der Waals surface area contributed by atoms with E-state index in [1.807, 2.05) is 0 Å². The molecule has 1 rings (SSSR count). The Balaban J connectivity index is 2.41. The standard InChI is InChI=1S/C11H22O5/c1-6(2)4-5-15-11-10(14)9(13)8(12)7(3)16-11/h6-14H,4-5H2,1-3H3/t7-,8+,9?,10?,11+/m0/s1. The second-order valence-corrected chi connectivity index (χ2v) is 4.73. The summed E-state index contributed by atoms with van der Waals surface area (Å²) in [7, 11) is 0. The molecule has 0 bridgehead atoms. The van der Waals surface area contributed by atoms with Crippen LogP contribution in [-0.2, 0) is 9.47 Å². The fourth-order valence-corrected chi connectivity index (χ4v) is 1.57. The van der Waals surface area contributed by atoms with Gasteiger partial charge in [0.25, 0.3) is 0 Å². The third-order valence-corrected chi connectivity index (χ3v) is 2.79. The lowest BCUT2D eigenvalue weighted by atomic mass is 10.00. The summed E-state index contributed by atoms with van der Waals surface area (Å²) in [6.07, 6.45) is -4.01. The molecule has 5 nitrogen and oxygen atoms in total. The zero-order valence-electron chi connectivity index (χ0n) is 10.0. The monoisotopic (exact) mass is 234 g/mol. The number of ether oxygens (including phenoxy) is 2. The molecule has 0 amide bonds. The molecule has 5 heteroatoms. The molecule has 1 aliphatic rings. The van der Waals surface area contributed by atoms with Crippen LogP contribution in [0.25, 0.3) is 0 Å². The van der Waals surface area contributed by atoms with Gasteiger partial charge in [0.1, 0.15) is 18.3 Å². The summed E-state index contributed by atoms with van der Waals surface area (Å²) in [5.41, 5.74) is 0. The Hall–Kier alpha value is -0.200. The summed E-state index contributed by atoms with van der Waals surface area (Å²) < 4.78 is 10.6. The minimum absolute atomic E-state index is 0.467. The van der Waals surface area contributed by atoms with Gasteiger partial charge in [-0.25, -0.2) is 0 Å². The van der Waals surface area contributed by atoms with Crippen molar-refractivity contribution in [3.63, 3.8) is 0 Å². The first-order valence-electron chi connectivity index (χ1n) is 5.74. The molecule has 16 heavy (non-hydrogen) atoms. The third-order valence-electron chi connectivity index (χ3n) is 2.79. The van der Waals surface area contributed by atoms with Crippen LogP contribution >= 0.6 is 0 Å². The highest BCUT2D eigenvalue weighted by atomic mass is 16.7. The van der Waals surface area contributed by atoms with Crippen LogP contribution in [0.3, 0.4) is 0 Å². The van der Waals surface area contributed by atoms with E-state index in [9.17, 15) is 15.3 Å². The van der Waals surface area contributed by atoms with Crippen molar-refractivity contribution < 1.29 is 24.8 Å². The maximum absolute atomic E-state index is 9.63. The van der Waals surface area contributed by atoms with Gasteiger partial charge in [-0.3, -0.25) is 0 Å². The second kappa shape index (κ2) is 5.93. The number of hydrogen-bond acceptors (Lipinski definition) is 5. The Labute approximate surface area is 96.0 Å². The summed E-state index contributed by atoms with van der Waals surface area (Å²) >= 11 is 0. The van der Waals surface area contributed by atoms with Crippen LogP contribution in [0.2, 0.25) is 0 Å². The van der Waals surface area contributed by atoms with Crippen molar-refractivity contribution in [3.05, 3.63) is 0 Å². The van der Waals surface area contributed by atoms with Crippen molar-refractivity contribution in [2.75, 3.05) is 6.61 Å². The number of hydrogen-bond donors (Lipinski definition) is 3. The fraction of sp³-hybridized carbons (Fsp3) is 1.00. The number of aliphatic hydroxyl groups is 3. The lowest BCUT2D eigenvalue weighted by Gasteiger charge is -2.39. The van der Waals surface area contributed by atoms with Crippen molar-refractivity contribution in [1.82, 2.24) is 0 Å². The van der Waals surface area contributed by atoms with E-state index in [2.05, 4.69) is 13.8 Å². The summed E-state index contributed by atoms with van der Waals surface area (Å²) in [6.45, 7) is 6.25. The number of rotatable bonds is 4. The molecule has 0 aliphatic carbocycles. The zero-order chi connectivity index (χ0) is 12.3. The summed E-state index contributed by atoms with van der Waals surface area (Å²) in [5.74, 6) is 0.508. The van der Waals surface area contributed by atoms with E-state index >= 15 is 0 Å². The van der Waals surface area contributed by atoms with Gasteiger partial charge in [-0.15, -0.1) is 0 Å². The van der Waals surface area contributed by atoms with Gasteiger partial charge in [0, 0.05) is 0 Å². The minimum Gasteiger partial charge on any atom is -0.388 e. The van der Waals surface area contributed by atoms with Crippen molar-refractivity contribution in [3.8, 4) is 0 Å². The molecule has 0 spiro atoms. The molecule has 0 aromatic heterocycles. The first-order valence-corrected chi connectivity index (χ1v) is 5.74. The lowest BCUT2D eigenvalue weighted by Crippen LogP contribution is -2.57. The van der Waals surface area contributed by atoms with Crippen LogP contribution in [0.5, 0.6) is 0 Å². The second-order valence-electron chi connectivity index (χ2n) is 4.73. The molecule has 96 valence electrons. The van der Waals surface area contributed by atoms with Gasteiger partial charge in [0.15, 0.2) is 6.29 Å². The van der Waals surface area contributed by atoms with Gasteiger partial charge < -0.3 is 24.8 Å². The summed E-state index contributed by atoms with van der Waals surface area (Å²) in [5, 5.41) is 28.6. The maximum atomic E-state index is 9.63. The first kappa shape index (κ1) is 13.9. The molecule has 5 atom stereocenters. The Morgan fingerprint density at radius 1 is 1.12 bits per heavy atom. The Morgan fingerprint density at radius 2 is 1.75 bits per heavy atom. The topological polar surface area (TPSA) is 79.2 Å². The number of aliphatic hydroxyl groups excluding tert-OH is 3. The van der Waals surface area contributed by atoms with Crippen molar-refractivity contribution in [2.45, 2.75) is 57.9 Å². The van der Waals surface area contributed by atoms with E-state index < -0.39 is 30.7 Å². The van der Waals surface area contributed by atoms with Crippen LogP contribution in [0.4, 0.5) is 0 Å². The van der Waals surface area contributed by atoms with Crippen LogP contribution in [-0.4, -0.2) is 52.6 Å². The SMILES string of the molecule is CC(C)CCO[C@@H]1O[C@@H](C)[C@@H](O)C(O)C1O. The van der Waals surface area contributed by atoms with E-state index in [0.717, 1.165) is 6.42 Å². The highest BCUT2D eigenvalue weighted by Crippen LogP contribution is 2.22. The van der Waals surface area contributed by atoms with Gasteiger partial charge in [0.05, 0.1) is 12.7 Å². The molecular weight excluding hydrogens is 212 g/mol. The average molecular weight is 234 g/mol. The largest absolute Gasteiger partial charge is 0.388 e. The van der Waals surface area contributed by atoms with Gasteiger partial charge in [-0.05, 0) is 19.3 Å². The molecule has 1 fully saturated rings. The van der Waals surface area contributed by atoms with E-state index in [0.29, 0.717) is 12.5 Å². The molecular formula is C11H22O5. The first-order chi connectivity index (χ1) is 7.43. The average Bonchev–Trinajstić information content (AvgIpc) is 2.22. The van der Waals surface area contributed by atoms with Crippen LogP contribution in [0.1, 0.15) is 27.2 Å². The van der Waals surface area contributed by atoms with E-state index in [4.69, 9.17) is 9.47 Å². The van der Waals surface area contributed by atoms with Crippen molar-refractivity contribution in [2.24, 2.45) is 5.92 Å². The predicted octanol–water partition coefficient (Wildman–Crippen LogP) is -0.123. The molecule has 2 unspecified atom stereocenters. The predicted molar refractivity (Wildman–Crippen MR) is 57.8 cm³/mol. The Kier molecular flexibility index (Phi) is 5.14. The quantitative estimate of drug-likeness (QED) is 0.632. The zero-order valence-corrected chi connectivity index (χ0v) is 10.0. The van der Waals surface area contributed by atoms with Crippen LogP contribution in [0, 0.1) is 5.92 Å². The Morgan fingerprint density at radius 3 is 2.31 bits per heavy atom. The van der Waals surface area contributed by atoms with Gasteiger partial charge in [-0.1, -0.05) is 13.8 Å². The fourth-order valence-electron chi connectivity index (χ4n) is 1.57. The van der Waals surface area contributed by atoms with Gasteiger partial charge in [0.2, 0.25) is 0 Å². The highest BCUT2D eigenvalue weighted by molar-refractivity contribution is 4.87. The van der Waals surface area contributed by atoms with Crippen molar-refractivity contribution >= 4 is 0 Å². The molecule has 3 N–H and O–H groups in total. The smallest absolute Gasteiger partial charge is 0.186 e. The summed E-state index contributed by atoms with van der Waals surface area (Å²) in [6, 6.07) is 0. The molecule has 0 aromatic carbocycles. The van der Waals surface area contributed by atoms with Gasteiger partial charge >= 0.3 is 0 Å². The molecule has 1 saturated heterocycles. The van der Waals surface area contributed by atoms with E-state index in [1.165, 1.54) is 0 Å². The lowest BCUT2D eigenvalue weighted by molar-refractivity contribution is -0.293. The van der Waals surface area contributed by atoms with Crippen molar-refractivity contribution in [1.29, 1.82) is 0 Å². The van der Waals surface area contributed by atoms with Crippen LogP contribution in [0.15, 0.2) is 0 Å². The third kappa shape index (κ3) is 3.40.